The molecule has 3 heterocycles. The van der Waals surface area contributed by atoms with Crippen LogP contribution in [0.5, 0.6) is 17.2 Å². The number of esters is 2. The number of hydrogen-bond donors (Lipinski definition) is 0. The first-order valence-corrected chi connectivity index (χ1v) is 8.95. The Balaban J connectivity index is 1.43. The second kappa shape index (κ2) is 7.25. The van der Waals surface area contributed by atoms with Gasteiger partial charge in [0.2, 0.25) is 18.5 Å². The molecule has 3 aromatic rings. The highest BCUT2D eigenvalue weighted by molar-refractivity contribution is 6.13. The summed E-state index contributed by atoms with van der Waals surface area (Å²) in [7, 11) is 0. The number of nitrogens with zero attached hydrogens (tertiary/aromatic N) is 1. The smallest absolute Gasteiger partial charge is 0.379 e. The Labute approximate surface area is 170 Å². The molecule has 2 aliphatic rings. The van der Waals surface area contributed by atoms with E-state index in [4.69, 9.17) is 23.4 Å². The topological polar surface area (TPSA) is 96.6 Å². The van der Waals surface area contributed by atoms with Crippen molar-refractivity contribution in [2.45, 2.75) is 0 Å². The first-order valence-electron chi connectivity index (χ1n) is 8.95. The SMILES string of the molecule is O=C1OC(c2ccc3c(c2)OCO3)=N/C1=C/c1ccccc1OC(=O)c1ccco1. The lowest BCUT2D eigenvalue weighted by molar-refractivity contribution is -0.129. The van der Waals surface area contributed by atoms with Crippen LogP contribution in [0.2, 0.25) is 0 Å². The highest BCUT2D eigenvalue weighted by Gasteiger charge is 2.26. The van der Waals surface area contributed by atoms with E-state index < -0.39 is 11.9 Å². The molecule has 1 aromatic heterocycles. The molecule has 0 N–H and O–H groups in total. The summed E-state index contributed by atoms with van der Waals surface area (Å²) in [6, 6.07) is 15.0. The minimum Gasteiger partial charge on any atom is -0.457 e. The van der Waals surface area contributed by atoms with Gasteiger partial charge in [-0.3, -0.25) is 0 Å². The third kappa shape index (κ3) is 3.30. The summed E-state index contributed by atoms with van der Waals surface area (Å²) in [5.41, 5.74) is 1.14. The minimum absolute atomic E-state index is 0.0702. The van der Waals surface area contributed by atoms with Gasteiger partial charge in [-0.2, -0.15) is 0 Å². The average Bonchev–Trinajstić information content (AvgIpc) is 3.50. The van der Waals surface area contributed by atoms with Crippen LogP contribution in [0.4, 0.5) is 0 Å². The third-order valence-electron chi connectivity index (χ3n) is 4.38. The Kier molecular flexibility index (Phi) is 4.29. The Hall–Kier alpha value is -4.33. The fraction of sp³-hybridized carbons (Fsp3) is 0.0455. The van der Waals surface area contributed by atoms with Crippen molar-refractivity contribution in [1.29, 1.82) is 0 Å². The van der Waals surface area contributed by atoms with Crippen LogP contribution in [-0.4, -0.2) is 24.6 Å². The molecule has 0 fully saturated rings. The van der Waals surface area contributed by atoms with Crippen LogP contribution in [0.15, 0.2) is 76.0 Å². The average molecular weight is 403 g/mol. The molecule has 8 nitrogen and oxygen atoms in total. The van der Waals surface area contributed by atoms with Crippen LogP contribution < -0.4 is 14.2 Å². The van der Waals surface area contributed by atoms with Gasteiger partial charge in [0.15, 0.2) is 17.2 Å². The van der Waals surface area contributed by atoms with Crippen molar-refractivity contribution >= 4 is 23.9 Å². The summed E-state index contributed by atoms with van der Waals surface area (Å²) in [5, 5.41) is 0. The van der Waals surface area contributed by atoms with Gasteiger partial charge in [-0.05, 0) is 42.5 Å². The molecule has 0 saturated heterocycles. The molecular weight excluding hydrogens is 390 g/mol. The molecule has 0 amide bonds. The molecule has 0 bridgehead atoms. The van der Waals surface area contributed by atoms with E-state index in [9.17, 15) is 9.59 Å². The van der Waals surface area contributed by atoms with Gasteiger partial charge in [-0.15, -0.1) is 0 Å². The number of ether oxygens (including phenoxy) is 4. The van der Waals surface area contributed by atoms with Gasteiger partial charge in [0, 0.05) is 11.1 Å². The van der Waals surface area contributed by atoms with Crippen LogP contribution >= 0.6 is 0 Å². The molecule has 0 spiro atoms. The Bertz CT molecular complexity index is 1210. The van der Waals surface area contributed by atoms with Gasteiger partial charge in [-0.25, -0.2) is 14.6 Å². The molecule has 0 radical (unpaired) electrons. The van der Waals surface area contributed by atoms with Crippen molar-refractivity contribution in [3.8, 4) is 17.2 Å². The summed E-state index contributed by atoms with van der Waals surface area (Å²) >= 11 is 0. The Morgan fingerprint density at radius 1 is 1.03 bits per heavy atom. The predicted molar refractivity (Wildman–Crippen MR) is 103 cm³/mol. The number of carbonyl (C=O) groups is 2. The summed E-state index contributed by atoms with van der Waals surface area (Å²) < 4.78 is 26.4. The number of cyclic esters (lactones) is 1. The molecule has 148 valence electrons. The molecule has 8 heteroatoms. The maximum Gasteiger partial charge on any atom is 0.379 e. The monoisotopic (exact) mass is 403 g/mol. The van der Waals surface area contributed by atoms with Gasteiger partial charge in [-0.1, -0.05) is 18.2 Å². The van der Waals surface area contributed by atoms with Gasteiger partial charge >= 0.3 is 11.9 Å². The number of rotatable bonds is 4. The first-order chi connectivity index (χ1) is 14.7. The Morgan fingerprint density at radius 3 is 2.77 bits per heavy atom. The lowest BCUT2D eigenvalue weighted by Crippen LogP contribution is -2.08. The number of furan rings is 1. The largest absolute Gasteiger partial charge is 0.457 e. The minimum atomic E-state index is -0.649. The van der Waals surface area contributed by atoms with E-state index in [1.807, 2.05) is 0 Å². The molecule has 0 aliphatic carbocycles. The number of carbonyl (C=O) groups excluding carboxylic acids is 2. The first kappa shape index (κ1) is 17.7. The fourth-order valence-electron chi connectivity index (χ4n) is 2.95. The van der Waals surface area contributed by atoms with Crippen LogP contribution in [0.1, 0.15) is 21.7 Å². The summed E-state index contributed by atoms with van der Waals surface area (Å²) in [6.07, 6.45) is 2.87. The zero-order valence-electron chi connectivity index (χ0n) is 15.4. The van der Waals surface area contributed by atoms with Crippen molar-refractivity contribution in [3.05, 3.63) is 83.4 Å². The maximum atomic E-state index is 12.3. The summed E-state index contributed by atoms with van der Waals surface area (Å²) in [6.45, 7) is 0.143. The predicted octanol–water partition coefficient (Wildman–Crippen LogP) is 3.57. The van der Waals surface area contributed by atoms with E-state index in [1.165, 1.54) is 18.4 Å². The molecule has 2 aromatic carbocycles. The van der Waals surface area contributed by atoms with Crippen LogP contribution in [0.3, 0.4) is 0 Å². The van der Waals surface area contributed by atoms with E-state index in [2.05, 4.69) is 4.99 Å². The third-order valence-corrected chi connectivity index (χ3v) is 4.38. The second-order valence-electron chi connectivity index (χ2n) is 6.31. The number of hydrogen-bond acceptors (Lipinski definition) is 8. The zero-order chi connectivity index (χ0) is 20.5. The van der Waals surface area contributed by atoms with E-state index in [0.717, 1.165) is 0 Å². The molecule has 30 heavy (non-hydrogen) atoms. The van der Waals surface area contributed by atoms with E-state index >= 15 is 0 Å². The van der Waals surface area contributed by atoms with E-state index in [0.29, 0.717) is 22.6 Å². The highest BCUT2D eigenvalue weighted by atomic mass is 16.7. The van der Waals surface area contributed by atoms with Crippen molar-refractivity contribution in [2.75, 3.05) is 6.79 Å². The van der Waals surface area contributed by atoms with E-state index in [-0.39, 0.29) is 29.9 Å². The van der Waals surface area contributed by atoms with Crippen LogP contribution in [-0.2, 0) is 9.53 Å². The van der Waals surface area contributed by atoms with Crippen LogP contribution in [0.25, 0.3) is 6.08 Å². The number of aliphatic imine (C=N–C) groups is 1. The van der Waals surface area contributed by atoms with Crippen molar-refractivity contribution < 1.29 is 33.0 Å². The molecule has 0 saturated carbocycles. The number of benzene rings is 2. The second-order valence-corrected chi connectivity index (χ2v) is 6.31. The highest BCUT2D eigenvalue weighted by Crippen LogP contribution is 2.34. The quantitative estimate of drug-likeness (QED) is 0.373. The molecule has 0 atom stereocenters. The van der Waals surface area contributed by atoms with Gasteiger partial charge in [0.25, 0.3) is 0 Å². The summed E-state index contributed by atoms with van der Waals surface area (Å²) in [4.78, 5) is 28.8. The van der Waals surface area contributed by atoms with Crippen LogP contribution in [0, 0.1) is 0 Å². The van der Waals surface area contributed by atoms with Crippen molar-refractivity contribution in [3.63, 3.8) is 0 Å². The molecule has 2 aliphatic heterocycles. The Morgan fingerprint density at radius 2 is 1.90 bits per heavy atom. The van der Waals surface area contributed by atoms with E-state index in [1.54, 1.807) is 48.5 Å². The van der Waals surface area contributed by atoms with Gasteiger partial charge in [0.05, 0.1) is 6.26 Å². The molecule has 0 unspecified atom stereocenters. The maximum absolute atomic E-state index is 12.3. The lowest BCUT2D eigenvalue weighted by atomic mass is 10.1. The van der Waals surface area contributed by atoms with Gasteiger partial charge in [0.1, 0.15) is 5.75 Å². The zero-order valence-corrected chi connectivity index (χ0v) is 15.4. The number of fused-ring (bicyclic) bond motifs is 1. The molecule has 5 rings (SSSR count). The number of para-hydroxylation sites is 1. The van der Waals surface area contributed by atoms with Gasteiger partial charge < -0.3 is 23.4 Å². The fourth-order valence-corrected chi connectivity index (χ4v) is 2.95. The normalized spacial score (nSPS) is 15.8. The molecular formula is C22H13NO7. The van der Waals surface area contributed by atoms with Crippen molar-refractivity contribution in [1.82, 2.24) is 0 Å². The van der Waals surface area contributed by atoms with Crippen molar-refractivity contribution in [2.24, 2.45) is 4.99 Å². The standard InChI is InChI=1S/C22H13NO7/c24-21-15(23-20(30-21)14-7-8-17-19(11-14)28-12-27-17)10-13-4-1-2-5-16(13)29-22(25)18-6-3-9-26-18/h1-11H,12H2/b15-10+. The summed E-state index contributed by atoms with van der Waals surface area (Å²) in [5.74, 6) is 0.381. The lowest BCUT2D eigenvalue weighted by Gasteiger charge is -2.06.